The van der Waals surface area contributed by atoms with Gasteiger partial charge in [0.15, 0.2) is 5.13 Å². The first-order valence-corrected chi connectivity index (χ1v) is 11.9. The zero-order valence-electron chi connectivity index (χ0n) is 16.5. The summed E-state index contributed by atoms with van der Waals surface area (Å²) < 4.78 is 1.10. The number of nitrogens with zero attached hydrogens (tertiary/aromatic N) is 2. The molecule has 0 aliphatic carbocycles. The van der Waals surface area contributed by atoms with Gasteiger partial charge in [-0.05, 0) is 48.4 Å². The average Bonchev–Trinajstić information content (AvgIpc) is 3.19. The van der Waals surface area contributed by atoms with Gasteiger partial charge in [-0.3, -0.25) is 9.69 Å². The van der Waals surface area contributed by atoms with Crippen LogP contribution in [0.1, 0.15) is 17.5 Å². The number of carbonyl (C=O) groups is 1. The Balaban J connectivity index is 1.53. The zero-order chi connectivity index (χ0) is 20.9. The SMILES string of the molecule is Cc1cccc2sc(N(Cc3ccccc3)C(=O)CCSc3ccc(Cl)cc3)nc12. The molecule has 0 atom stereocenters. The molecule has 6 heteroatoms. The highest BCUT2D eigenvalue weighted by molar-refractivity contribution is 7.99. The number of aromatic nitrogens is 1. The number of para-hydroxylation sites is 1. The maximum absolute atomic E-state index is 13.2. The monoisotopic (exact) mass is 452 g/mol. The standard InChI is InChI=1S/C24H21ClN2OS2/c1-17-6-5-9-21-23(17)26-24(30-21)27(16-18-7-3-2-4-8-18)22(28)14-15-29-20-12-10-19(25)11-13-20/h2-13H,14-16H2,1H3. The lowest BCUT2D eigenvalue weighted by Gasteiger charge is -2.20. The smallest absolute Gasteiger partial charge is 0.229 e. The molecule has 1 amide bonds. The lowest BCUT2D eigenvalue weighted by molar-refractivity contribution is -0.118. The van der Waals surface area contributed by atoms with E-state index in [9.17, 15) is 4.79 Å². The highest BCUT2D eigenvalue weighted by Gasteiger charge is 2.20. The maximum atomic E-state index is 13.2. The predicted molar refractivity (Wildman–Crippen MR) is 129 cm³/mol. The van der Waals surface area contributed by atoms with E-state index in [1.54, 1.807) is 23.1 Å². The van der Waals surface area contributed by atoms with Crippen LogP contribution in [-0.2, 0) is 11.3 Å². The molecule has 0 bridgehead atoms. The second-order valence-corrected chi connectivity index (χ2v) is 9.55. The number of amides is 1. The third-order valence-electron chi connectivity index (χ3n) is 4.72. The first kappa shape index (κ1) is 20.9. The van der Waals surface area contributed by atoms with E-state index in [0.29, 0.717) is 18.7 Å². The molecule has 0 aliphatic rings. The average molecular weight is 453 g/mol. The van der Waals surface area contributed by atoms with Gasteiger partial charge in [0.05, 0.1) is 16.8 Å². The molecule has 30 heavy (non-hydrogen) atoms. The third-order valence-corrected chi connectivity index (χ3v) is 7.03. The Morgan fingerprint density at radius 1 is 1.03 bits per heavy atom. The molecule has 1 heterocycles. The minimum Gasteiger partial charge on any atom is -0.284 e. The summed E-state index contributed by atoms with van der Waals surface area (Å²) in [7, 11) is 0. The van der Waals surface area contributed by atoms with Gasteiger partial charge in [0.2, 0.25) is 5.91 Å². The molecular weight excluding hydrogens is 432 g/mol. The van der Waals surface area contributed by atoms with E-state index in [2.05, 4.69) is 19.1 Å². The second kappa shape index (κ2) is 9.65. The van der Waals surface area contributed by atoms with Crippen molar-refractivity contribution in [1.29, 1.82) is 0 Å². The lowest BCUT2D eigenvalue weighted by atomic mass is 10.2. The molecule has 0 radical (unpaired) electrons. The van der Waals surface area contributed by atoms with Gasteiger partial charge in [0, 0.05) is 22.1 Å². The molecule has 0 saturated heterocycles. The molecule has 0 unspecified atom stereocenters. The van der Waals surface area contributed by atoms with Gasteiger partial charge in [-0.15, -0.1) is 11.8 Å². The Kier molecular flexibility index (Phi) is 6.72. The number of fused-ring (bicyclic) bond motifs is 1. The fraction of sp³-hybridized carbons (Fsp3) is 0.167. The first-order valence-electron chi connectivity index (χ1n) is 9.69. The van der Waals surface area contributed by atoms with Crippen LogP contribution < -0.4 is 4.90 Å². The van der Waals surface area contributed by atoms with Crippen LogP contribution in [0.4, 0.5) is 5.13 Å². The summed E-state index contributed by atoms with van der Waals surface area (Å²) in [5, 5.41) is 1.47. The highest BCUT2D eigenvalue weighted by Crippen LogP contribution is 2.32. The van der Waals surface area contributed by atoms with Gasteiger partial charge in [0.25, 0.3) is 0 Å². The van der Waals surface area contributed by atoms with Crippen molar-refractivity contribution in [2.75, 3.05) is 10.7 Å². The molecule has 0 N–H and O–H groups in total. The number of hydrogen-bond acceptors (Lipinski definition) is 4. The summed E-state index contributed by atoms with van der Waals surface area (Å²) in [5.74, 6) is 0.785. The van der Waals surface area contributed by atoms with Crippen molar-refractivity contribution in [2.45, 2.75) is 24.8 Å². The van der Waals surface area contributed by atoms with Crippen LogP contribution in [0.15, 0.2) is 77.7 Å². The van der Waals surface area contributed by atoms with Crippen molar-refractivity contribution in [2.24, 2.45) is 0 Å². The van der Waals surface area contributed by atoms with Gasteiger partial charge in [-0.25, -0.2) is 4.98 Å². The predicted octanol–water partition coefficient (Wildman–Crippen LogP) is 6.97. The number of benzene rings is 3. The first-order chi connectivity index (χ1) is 14.6. The van der Waals surface area contributed by atoms with Gasteiger partial charge >= 0.3 is 0 Å². The van der Waals surface area contributed by atoms with E-state index in [1.807, 2.05) is 65.6 Å². The zero-order valence-corrected chi connectivity index (χ0v) is 18.9. The van der Waals surface area contributed by atoms with Crippen molar-refractivity contribution in [3.63, 3.8) is 0 Å². The van der Waals surface area contributed by atoms with E-state index >= 15 is 0 Å². The molecule has 1 aromatic heterocycles. The van der Waals surface area contributed by atoms with Gasteiger partial charge in [0.1, 0.15) is 0 Å². The summed E-state index contributed by atoms with van der Waals surface area (Å²) in [5.41, 5.74) is 3.19. The van der Waals surface area contributed by atoms with Crippen molar-refractivity contribution >= 4 is 56.0 Å². The number of hydrogen-bond donors (Lipinski definition) is 0. The summed E-state index contributed by atoms with van der Waals surface area (Å²) in [4.78, 5) is 21.0. The maximum Gasteiger partial charge on any atom is 0.229 e. The van der Waals surface area contributed by atoms with Crippen LogP contribution in [0.2, 0.25) is 5.02 Å². The molecule has 4 aromatic rings. The van der Waals surface area contributed by atoms with Crippen molar-refractivity contribution in [3.05, 3.63) is 88.9 Å². The van der Waals surface area contributed by atoms with E-state index in [0.717, 1.165) is 36.4 Å². The molecule has 0 fully saturated rings. The molecule has 0 aliphatic heterocycles. The van der Waals surface area contributed by atoms with E-state index in [-0.39, 0.29) is 5.91 Å². The van der Waals surface area contributed by atoms with Crippen LogP contribution in [0.3, 0.4) is 0 Å². The third kappa shape index (κ3) is 5.04. The molecule has 0 spiro atoms. The van der Waals surface area contributed by atoms with Crippen LogP contribution in [0, 0.1) is 6.92 Å². The second-order valence-electron chi connectivity index (χ2n) is 6.94. The van der Waals surface area contributed by atoms with E-state index < -0.39 is 0 Å². The van der Waals surface area contributed by atoms with Crippen molar-refractivity contribution in [3.8, 4) is 0 Å². The molecule has 3 aromatic carbocycles. The van der Waals surface area contributed by atoms with Crippen LogP contribution in [0.25, 0.3) is 10.2 Å². The number of anilines is 1. The van der Waals surface area contributed by atoms with Crippen LogP contribution in [-0.4, -0.2) is 16.6 Å². The highest BCUT2D eigenvalue weighted by atomic mass is 35.5. The molecular formula is C24H21ClN2OS2. The minimum absolute atomic E-state index is 0.0806. The van der Waals surface area contributed by atoms with Crippen molar-refractivity contribution in [1.82, 2.24) is 4.98 Å². The fourth-order valence-corrected chi connectivity index (χ4v) is 5.17. The number of rotatable bonds is 7. The van der Waals surface area contributed by atoms with Gasteiger partial charge < -0.3 is 0 Å². The summed E-state index contributed by atoms with van der Waals surface area (Å²) in [6.45, 7) is 2.57. The number of thiazole rings is 1. The summed E-state index contributed by atoms with van der Waals surface area (Å²) >= 11 is 9.18. The summed E-state index contributed by atoms with van der Waals surface area (Å²) in [6, 6.07) is 23.9. The Morgan fingerprint density at radius 3 is 2.53 bits per heavy atom. The topological polar surface area (TPSA) is 33.2 Å². The molecule has 0 saturated carbocycles. The minimum atomic E-state index is 0.0806. The summed E-state index contributed by atoms with van der Waals surface area (Å²) in [6.07, 6.45) is 0.440. The van der Waals surface area contributed by atoms with Gasteiger partial charge in [-0.2, -0.15) is 0 Å². The van der Waals surface area contributed by atoms with Crippen LogP contribution >= 0.6 is 34.7 Å². The molecule has 4 rings (SSSR count). The van der Waals surface area contributed by atoms with E-state index in [1.165, 1.54) is 0 Å². The number of carbonyl (C=O) groups excluding carboxylic acids is 1. The number of aryl methyl sites for hydroxylation is 1. The quantitative estimate of drug-likeness (QED) is 0.284. The number of thioether (sulfide) groups is 1. The van der Waals surface area contributed by atoms with E-state index in [4.69, 9.17) is 16.6 Å². The normalized spacial score (nSPS) is 11.0. The number of halogens is 1. The fourth-order valence-electron chi connectivity index (χ4n) is 3.14. The Bertz CT molecular complexity index is 1140. The van der Waals surface area contributed by atoms with Crippen molar-refractivity contribution < 1.29 is 4.79 Å². The molecule has 152 valence electrons. The molecule has 3 nitrogen and oxygen atoms in total. The Labute approximate surface area is 189 Å². The lowest BCUT2D eigenvalue weighted by Crippen LogP contribution is -2.30. The largest absolute Gasteiger partial charge is 0.284 e. The Hall–Kier alpha value is -2.34. The van der Waals surface area contributed by atoms with Crippen LogP contribution in [0.5, 0.6) is 0 Å². The van der Waals surface area contributed by atoms with Gasteiger partial charge in [-0.1, -0.05) is 65.4 Å². The Morgan fingerprint density at radius 2 is 1.80 bits per heavy atom.